The highest BCUT2D eigenvalue weighted by Gasteiger charge is 2.26. The highest BCUT2D eigenvalue weighted by molar-refractivity contribution is 5.83. The van der Waals surface area contributed by atoms with Gasteiger partial charge >= 0.3 is 5.97 Å². The van der Waals surface area contributed by atoms with Gasteiger partial charge in [-0.15, -0.1) is 0 Å². The van der Waals surface area contributed by atoms with Crippen molar-refractivity contribution in [1.82, 2.24) is 4.57 Å². The predicted molar refractivity (Wildman–Crippen MR) is 137 cm³/mol. The van der Waals surface area contributed by atoms with E-state index < -0.39 is 0 Å². The van der Waals surface area contributed by atoms with Gasteiger partial charge in [0, 0.05) is 28.9 Å². The summed E-state index contributed by atoms with van der Waals surface area (Å²) >= 11 is 0. The Bertz CT molecular complexity index is 1300. The van der Waals surface area contributed by atoms with Crippen molar-refractivity contribution in [3.8, 4) is 22.4 Å². The molecule has 0 N–H and O–H groups in total. The second-order valence-corrected chi connectivity index (χ2v) is 9.51. The molecule has 0 spiro atoms. The Morgan fingerprint density at radius 3 is 2.62 bits per heavy atom. The molecule has 0 aliphatic heterocycles. The molecule has 1 saturated carbocycles. The topological polar surface area (TPSA) is 31.2 Å². The third-order valence-electron chi connectivity index (χ3n) is 7.30. The van der Waals surface area contributed by atoms with Crippen LogP contribution in [0.2, 0.25) is 0 Å². The van der Waals surface area contributed by atoms with Gasteiger partial charge in [-0.1, -0.05) is 72.8 Å². The summed E-state index contributed by atoms with van der Waals surface area (Å²) in [4.78, 5) is 12.2. The lowest BCUT2D eigenvalue weighted by molar-refractivity contribution is -0.146. The number of aryl methyl sites for hydroxylation is 1. The molecule has 0 radical (unpaired) electrons. The number of ether oxygens (including phenoxy) is 1. The predicted octanol–water partition coefficient (Wildman–Crippen LogP) is 6.99. The number of carbonyl (C=O) groups excluding carboxylic acids is 1. The lowest BCUT2D eigenvalue weighted by Crippen LogP contribution is -2.24. The zero-order valence-corrected chi connectivity index (χ0v) is 19.3. The minimum absolute atomic E-state index is 0.122. The van der Waals surface area contributed by atoms with Gasteiger partial charge in [0.15, 0.2) is 0 Å². The highest BCUT2D eigenvalue weighted by atomic mass is 16.5. The van der Waals surface area contributed by atoms with Gasteiger partial charge in [0.2, 0.25) is 0 Å². The van der Waals surface area contributed by atoms with E-state index in [1.54, 1.807) is 6.08 Å². The van der Waals surface area contributed by atoms with Crippen LogP contribution in [0.15, 0.2) is 91.0 Å². The van der Waals surface area contributed by atoms with E-state index in [9.17, 15) is 4.79 Å². The number of hydrogen-bond acceptors (Lipinski definition) is 2. The Balaban J connectivity index is 1.34. The number of carbonyl (C=O) groups is 1. The molecule has 34 heavy (non-hydrogen) atoms. The number of nitrogens with zero attached hydrogens (tertiary/aromatic N) is 1. The van der Waals surface area contributed by atoms with Crippen LogP contribution in [0.4, 0.5) is 0 Å². The quantitative estimate of drug-likeness (QED) is 0.312. The van der Waals surface area contributed by atoms with Crippen molar-refractivity contribution in [1.29, 1.82) is 0 Å². The van der Waals surface area contributed by atoms with Crippen LogP contribution in [-0.2, 0) is 22.4 Å². The second kappa shape index (κ2) is 8.98. The number of fused-ring (bicyclic) bond motifs is 3. The van der Waals surface area contributed by atoms with E-state index >= 15 is 0 Å². The Labute approximate surface area is 201 Å². The molecule has 0 amide bonds. The van der Waals surface area contributed by atoms with E-state index in [1.165, 1.54) is 39.3 Å². The summed E-state index contributed by atoms with van der Waals surface area (Å²) in [7, 11) is 0. The summed E-state index contributed by atoms with van der Waals surface area (Å²) in [5.74, 6) is -0.0411. The standard InChI is InChI=1S/C31H29NO2/c33-31(34-26-13-7-14-26)19-16-22-8-6-12-25(20-22)32-29-18-17-23-9-4-5-15-27(23)28(29)21-30(32)24-10-2-1-3-11-24/h1-6,8-12,15-16,19,21-22,26H,7,13-14,17-18,20H2/b19-16+. The normalized spacial score (nSPS) is 19.3. The van der Waals surface area contributed by atoms with Crippen LogP contribution in [0.3, 0.4) is 0 Å². The maximum atomic E-state index is 12.2. The van der Waals surface area contributed by atoms with Gasteiger partial charge in [0.05, 0.1) is 5.69 Å². The van der Waals surface area contributed by atoms with Gasteiger partial charge in [0.25, 0.3) is 0 Å². The third-order valence-corrected chi connectivity index (χ3v) is 7.30. The maximum absolute atomic E-state index is 12.2. The minimum Gasteiger partial charge on any atom is -0.459 e. The molecular weight excluding hydrogens is 418 g/mol. The van der Waals surface area contributed by atoms with E-state index in [4.69, 9.17) is 4.74 Å². The van der Waals surface area contributed by atoms with Crippen molar-refractivity contribution in [3.63, 3.8) is 0 Å². The monoisotopic (exact) mass is 447 g/mol. The minimum atomic E-state index is -0.214. The molecule has 1 atom stereocenters. The molecule has 3 aromatic rings. The number of allylic oxidation sites excluding steroid dienone is 5. The van der Waals surface area contributed by atoms with Crippen LogP contribution >= 0.6 is 0 Å². The number of rotatable bonds is 5. The van der Waals surface area contributed by atoms with E-state index in [1.807, 2.05) is 6.08 Å². The molecule has 3 heteroatoms. The first kappa shape index (κ1) is 21.0. The van der Waals surface area contributed by atoms with E-state index in [0.29, 0.717) is 0 Å². The Morgan fingerprint density at radius 1 is 0.971 bits per heavy atom. The molecular formula is C31H29NO2. The molecule has 1 aromatic heterocycles. The zero-order chi connectivity index (χ0) is 22.9. The molecule has 1 unspecified atom stereocenters. The average Bonchev–Trinajstić information content (AvgIpc) is 3.26. The zero-order valence-electron chi connectivity index (χ0n) is 19.3. The number of benzene rings is 2. The first-order chi connectivity index (χ1) is 16.8. The summed E-state index contributed by atoms with van der Waals surface area (Å²) in [6.07, 6.45) is 16.4. The van der Waals surface area contributed by atoms with Crippen LogP contribution in [-0.4, -0.2) is 16.6 Å². The molecule has 0 bridgehead atoms. The first-order valence-electron chi connectivity index (χ1n) is 12.4. The van der Waals surface area contributed by atoms with Crippen LogP contribution in [0.5, 0.6) is 0 Å². The fourth-order valence-electron chi connectivity index (χ4n) is 5.31. The summed E-state index contributed by atoms with van der Waals surface area (Å²) in [5, 5.41) is 0. The number of esters is 1. The Kier molecular flexibility index (Phi) is 5.54. The van der Waals surface area contributed by atoms with E-state index in [0.717, 1.165) is 38.5 Å². The lowest BCUT2D eigenvalue weighted by Gasteiger charge is -2.25. The van der Waals surface area contributed by atoms with Gasteiger partial charge < -0.3 is 9.30 Å². The Hall–Kier alpha value is -3.59. The largest absolute Gasteiger partial charge is 0.459 e. The van der Waals surface area contributed by atoms with Crippen molar-refractivity contribution < 1.29 is 9.53 Å². The van der Waals surface area contributed by atoms with E-state index in [2.05, 4.69) is 83.5 Å². The van der Waals surface area contributed by atoms with Gasteiger partial charge in [-0.3, -0.25) is 0 Å². The third kappa shape index (κ3) is 3.96. The van der Waals surface area contributed by atoms with Crippen LogP contribution in [0.1, 0.15) is 36.9 Å². The molecule has 0 saturated heterocycles. The maximum Gasteiger partial charge on any atom is 0.330 e. The van der Waals surface area contributed by atoms with Crippen molar-refractivity contribution in [2.75, 3.05) is 0 Å². The van der Waals surface area contributed by atoms with Gasteiger partial charge in [0.1, 0.15) is 6.10 Å². The molecule has 3 aliphatic rings. The summed E-state index contributed by atoms with van der Waals surface area (Å²) in [5.41, 5.74) is 9.22. The van der Waals surface area contributed by atoms with Crippen LogP contribution in [0.25, 0.3) is 28.1 Å². The van der Waals surface area contributed by atoms with Crippen molar-refractivity contribution in [2.24, 2.45) is 5.92 Å². The Morgan fingerprint density at radius 2 is 1.79 bits per heavy atom. The summed E-state index contributed by atoms with van der Waals surface area (Å²) in [6.45, 7) is 0. The van der Waals surface area contributed by atoms with Gasteiger partial charge in [-0.2, -0.15) is 0 Å². The summed E-state index contributed by atoms with van der Waals surface area (Å²) < 4.78 is 7.96. The number of aromatic nitrogens is 1. The smallest absolute Gasteiger partial charge is 0.330 e. The molecule has 2 aromatic carbocycles. The summed E-state index contributed by atoms with van der Waals surface area (Å²) in [6, 6.07) is 21.8. The molecule has 6 rings (SSSR count). The molecule has 170 valence electrons. The number of hydrogen-bond donors (Lipinski definition) is 0. The first-order valence-corrected chi connectivity index (χ1v) is 12.4. The molecule has 3 aliphatic carbocycles. The average molecular weight is 448 g/mol. The van der Waals surface area contributed by atoms with Crippen molar-refractivity contribution in [3.05, 3.63) is 102 Å². The fourth-order valence-corrected chi connectivity index (χ4v) is 5.31. The van der Waals surface area contributed by atoms with E-state index in [-0.39, 0.29) is 18.0 Å². The van der Waals surface area contributed by atoms with Crippen LogP contribution < -0.4 is 0 Å². The fraction of sp³-hybridized carbons (Fsp3) is 0.258. The van der Waals surface area contributed by atoms with Gasteiger partial charge in [-0.25, -0.2) is 4.79 Å². The highest BCUT2D eigenvalue weighted by Crippen LogP contribution is 2.42. The molecule has 1 heterocycles. The van der Waals surface area contributed by atoms with Crippen molar-refractivity contribution >= 4 is 11.7 Å². The van der Waals surface area contributed by atoms with Crippen LogP contribution in [0, 0.1) is 5.92 Å². The second-order valence-electron chi connectivity index (χ2n) is 9.51. The molecule has 3 nitrogen and oxygen atoms in total. The SMILES string of the molecule is O=C(/C=C/C1C=CC=C(n2c(-c3ccccc3)cc3c2CCc2ccccc2-3)C1)OC1CCC1. The van der Waals surface area contributed by atoms with Gasteiger partial charge in [-0.05, 0) is 67.4 Å². The lowest BCUT2D eigenvalue weighted by atomic mass is 9.89. The van der Waals surface area contributed by atoms with Crippen molar-refractivity contribution in [2.45, 2.75) is 44.6 Å². The molecule has 1 fully saturated rings.